The number of hydrogen-bond donors (Lipinski definition) is 1. The highest BCUT2D eigenvalue weighted by molar-refractivity contribution is 4.70. The second-order valence-corrected chi connectivity index (χ2v) is 4.47. The summed E-state index contributed by atoms with van der Waals surface area (Å²) in [6.45, 7) is 6.20. The lowest BCUT2D eigenvalue weighted by molar-refractivity contribution is -0.135. The Bertz CT molecular complexity index is 168. The summed E-state index contributed by atoms with van der Waals surface area (Å²) in [7, 11) is 0. The van der Waals surface area contributed by atoms with Gasteiger partial charge in [-0.2, -0.15) is 13.2 Å². The summed E-state index contributed by atoms with van der Waals surface area (Å²) in [6.07, 6.45) is -0.602. The van der Waals surface area contributed by atoms with Crippen molar-refractivity contribution >= 4 is 0 Å². The smallest absolute Gasteiger partial charge is 0.312 e. The van der Waals surface area contributed by atoms with Crippen molar-refractivity contribution < 1.29 is 13.2 Å². The molecule has 0 aromatic heterocycles. The van der Waals surface area contributed by atoms with Crippen LogP contribution in [0.1, 0.15) is 59.3 Å². The normalized spacial score (nSPS) is 16.1. The fraction of sp³-hybridized carbons (Fsp3) is 1.00. The van der Waals surface area contributed by atoms with Crippen molar-refractivity contribution in [3.05, 3.63) is 0 Å². The maximum Gasteiger partial charge on any atom is 0.389 e. The molecule has 0 fully saturated rings. The molecule has 1 N–H and O–H groups in total. The highest BCUT2D eigenvalue weighted by Gasteiger charge is 2.26. The highest BCUT2D eigenvalue weighted by Crippen LogP contribution is 2.22. The van der Waals surface area contributed by atoms with Crippen LogP contribution >= 0.6 is 0 Å². The molecule has 0 amide bonds. The monoisotopic (exact) mass is 239 g/mol. The fourth-order valence-corrected chi connectivity index (χ4v) is 1.85. The molecular formula is C12H24F3N. The number of nitrogens with one attached hydrogen (secondary N) is 1. The van der Waals surface area contributed by atoms with Crippen molar-refractivity contribution in [2.75, 3.05) is 0 Å². The van der Waals surface area contributed by atoms with Crippen LogP contribution in [0.2, 0.25) is 0 Å². The van der Waals surface area contributed by atoms with Gasteiger partial charge in [0.2, 0.25) is 0 Å². The first-order valence-electron chi connectivity index (χ1n) is 6.21. The minimum atomic E-state index is -4.01. The molecule has 0 aromatic carbocycles. The third-order valence-corrected chi connectivity index (χ3v) is 2.75. The molecular weight excluding hydrogens is 215 g/mol. The van der Waals surface area contributed by atoms with E-state index in [1.165, 1.54) is 0 Å². The Hall–Kier alpha value is -0.250. The van der Waals surface area contributed by atoms with Crippen molar-refractivity contribution in [1.29, 1.82) is 0 Å². The maximum atomic E-state index is 11.9. The molecule has 0 saturated carbocycles. The SMILES string of the molecule is CCCC(CC)NC(C)CCCC(F)(F)F. The van der Waals surface area contributed by atoms with Gasteiger partial charge in [-0.25, -0.2) is 0 Å². The average molecular weight is 239 g/mol. The Kier molecular flexibility index (Phi) is 7.81. The predicted octanol–water partition coefficient (Wildman–Crippen LogP) is 4.28. The van der Waals surface area contributed by atoms with Gasteiger partial charge in [-0.1, -0.05) is 20.3 Å². The van der Waals surface area contributed by atoms with E-state index in [2.05, 4.69) is 19.2 Å². The van der Waals surface area contributed by atoms with Crippen LogP contribution in [0.25, 0.3) is 0 Å². The van der Waals surface area contributed by atoms with Gasteiger partial charge in [-0.15, -0.1) is 0 Å². The first kappa shape index (κ1) is 15.8. The third kappa shape index (κ3) is 9.01. The van der Waals surface area contributed by atoms with Crippen LogP contribution in [0.5, 0.6) is 0 Å². The van der Waals surface area contributed by atoms with Gasteiger partial charge in [0.25, 0.3) is 0 Å². The Morgan fingerprint density at radius 2 is 1.75 bits per heavy atom. The number of rotatable bonds is 8. The van der Waals surface area contributed by atoms with Gasteiger partial charge in [-0.3, -0.25) is 0 Å². The zero-order valence-electron chi connectivity index (χ0n) is 10.5. The number of halogens is 3. The van der Waals surface area contributed by atoms with E-state index in [4.69, 9.17) is 0 Å². The molecule has 0 aliphatic heterocycles. The number of hydrogen-bond acceptors (Lipinski definition) is 1. The molecule has 16 heavy (non-hydrogen) atoms. The first-order valence-corrected chi connectivity index (χ1v) is 6.21. The van der Waals surface area contributed by atoms with Crippen LogP contribution in [0.4, 0.5) is 13.2 Å². The predicted molar refractivity (Wildman–Crippen MR) is 61.5 cm³/mol. The Morgan fingerprint density at radius 1 is 1.12 bits per heavy atom. The molecule has 0 heterocycles. The molecule has 0 aliphatic rings. The lowest BCUT2D eigenvalue weighted by Gasteiger charge is -2.22. The van der Waals surface area contributed by atoms with Crippen molar-refractivity contribution in [1.82, 2.24) is 5.32 Å². The highest BCUT2D eigenvalue weighted by atomic mass is 19.4. The van der Waals surface area contributed by atoms with Crippen molar-refractivity contribution in [3.63, 3.8) is 0 Å². The molecule has 2 unspecified atom stereocenters. The summed E-state index contributed by atoms with van der Waals surface area (Å²) in [5.74, 6) is 0. The second kappa shape index (κ2) is 7.93. The average Bonchev–Trinajstić information content (AvgIpc) is 2.15. The van der Waals surface area contributed by atoms with E-state index < -0.39 is 12.6 Å². The number of alkyl halides is 3. The summed E-state index contributed by atoms with van der Waals surface area (Å²) in [5.41, 5.74) is 0. The van der Waals surface area contributed by atoms with Crippen LogP contribution in [-0.4, -0.2) is 18.3 Å². The van der Waals surface area contributed by atoms with Gasteiger partial charge in [0.1, 0.15) is 0 Å². The van der Waals surface area contributed by atoms with E-state index in [0.29, 0.717) is 12.5 Å². The van der Waals surface area contributed by atoms with E-state index in [0.717, 1.165) is 19.3 Å². The van der Waals surface area contributed by atoms with Crippen LogP contribution < -0.4 is 5.32 Å². The van der Waals surface area contributed by atoms with Gasteiger partial charge in [0.05, 0.1) is 0 Å². The molecule has 0 aromatic rings. The van der Waals surface area contributed by atoms with Gasteiger partial charge in [-0.05, 0) is 32.6 Å². The minimum Gasteiger partial charge on any atom is -0.312 e. The van der Waals surface area contributed by atoms with Gasteiger partial charge < -0.3 is 5.32 Å². The summed E-state index contributed by atoms with van der Waals surface area (Å²) >= 11 is 0. The lowest BCUT2D eigenvalue weighted by Crippen LogP contribution is -2.36. The van der Waals surface area contributed by atoms with E-state index in [1.807, 2.05) is 6.92 Å². The quantitative estimate of drug-likeness (QED) is 0.666. The molecule has 0 rings (SSSR count). The molecule has 2 atom stereocenters. The van der Waals surface area contributed by atoms with Crippen molar-refractivity contribution in [2.24, 2.45) is 0 Å². The zero-order chi connectivity index (χ0) is 12.6. The van der Waals surface area contributed by atoms with Crippen LogP contribution in [-0.2, 0) is 0 Å². The molecule has 0 aliphatic carbocycles. The second-order valence-electron chi connectivity index (χ2n) is 4.47. The Morgan fingerprint density at radius 3 is 2.19 bits per heavy atom. The van der Waals surface area contributed by atoms with Crippen molar-refractivity contribution in [3.8, 4) is 0 Å². The van der Waals surface area contributed by atoms with Crippen LogP contribution in [0, 0.1) is 0 Å². The van der Waals surface area contributed by atoms with E-state index in [-0.39, 0.29) is 12.5 Å². The lowest BCUT2D eigenvalue weighted by atomic mass is 10.1. The standard InChI is InChI=1S/C12H24F3N/c1-4-7-11(5-2)16-10(3)8-6-9-12(13,14)15/h10-11,16H,4-9H2,1-3H3. The first-order chi connectivity index (χ1) is 7.39. The van der Waals surface area contributed by atoms with E-state index in [1.54, 1.807) is 0 Å². The molecule has 0 bridgehead atoms. The molecule has 4 heteroatoms. The Balaban J connectivity index is 3.67. The zero-order valence-corrected chi connectivity index (χ0v) is 10.5. The minimum absolute atomic E-state index is 0.179. The van der Waals surface area contributed by atoms with E-state index in [9.17, 15) is 13.2 Å². The molecule has 98 valence electrons. The summed E-state index contributed by atoms with van der Waals surface area (Å²) in [6, 6.07) is 0.629. The van der Waals surface area contributed by atoms with Gasteiger partial charge >= 0.3 is 6.18 Å². The van der Waals surface area contributed by atoms with Crippen LogP contribution in [0.15, 0.2) is 0 Å². The molecule has 0 saturated heterocycles. The fourth-order valence-electron chi connectivity index (χ4n) is 1.85. The van der Waals surface area contributed by atoms with Gasteiger partial charge in [0, 0.05) is 18.5 Å². The molecule has 1 nitrogen and oxygen atoms in total. The summed E-state index contributed by atoms with van der Waals surface area (Å²) in [5, 5.41) is 3.39. The third-order valence-electron chi connectivity index (χ3n) is 2.75. The van der Waals surface area contributed by atoms with Crippen LogP contribution in [0.3, 0.4) is 0 Å². The largest absolute Gasteiger partial charge is 0.389 e. The van der Waals surface area contributed by atoms with Crippen molar-refractivity contribution in [2.45, 2.75) is 77.6 Å². The topological polar surface area (TPSA) is 12.0 Å². The van der Waals surface area contributed by atoms with E-state index >= 15 is 0 Å². The summed E-state index contributed by atoms with van der Waals surface area (Å²) in [4.78, 5) is 0. The summed E-state index contributed by atoms with van der Waals surface area (Å²) < 4.78 is 35.8. The molecule has 0 spiro atoms. The van der Waals surface area contributed by atoms with Gasteiger partial charge in [0.15, 0.2) is 0 Å². The Labute approximate surface area is 96.8 Å². The maximum absolute atomic E-state index is 11.9. The molecule has 0 radical (unpaired) electrons.